The highest BCUT2D eigenvalue weighted by Crippen LogP contribution is 2.66. The van der Waals surface area contributed by atoms with Gasteiger partial charge in [0.1, 0.15) is 6.04 Å². The minimum Gasteiger partial charge on any atom is -0.465 e. The molecular weight excluding hydrogens is 476 g/mol. The first-order chi connectivity index (χ1) is 17.5. The monoisotopic (exact) mass is 520 g/mol. The number of hydrogen-bond donors (Lipinski definition) is 1. The normalized spacial score (nSPS) is 28.3. The van der Waals surface area contributed by atoms with Crippen LogP contribution in [0, 0.1) is 11.8 Å². The zero-order valence-corrected chi connectivity index (χ0v) is 22.7. The van der Waals surface area contributed by atoms with E-state index < -0.39 is 22.6 Å². The van der Waals surface area contributed by atoms with Crippen LogP contribution in [0.5, 0.6) is 0 Å². The van der Waals surface area contributed by atoms with Crippen molar-refractivity contribution in [3.63, 3.8) is 0 Å². The topological polar surface area (TPSA) is 87.2 Å². The van der Waals surface area contributed by atoms with Crippen molar-refractivity contribution >= 4 is 29.5 Å². The Hall–Kier alpha value is -1.80. The Morgan fingerprint density at radius 1 is 1.19 bits per heavy atom. The standard InChI is InChI=1S/C28H44N2O5S/c1-4-7-9-13-20-35-27(34)22-21-14-15-28(36-21)23(22)25(32)30(18-11-12-19-31)24(28)26(33)29(16-6-3)17-10-8-5-2/h4,6,21-24,31H,1,3,5,7-20H2,2H3/t21-,22+,23-,24?,28?/m0/s1. The molecule has 7 nitrogen and oxygen atoms in total. The second-order valence-electron chi connectivity index (χ2n) is 10.3. The van der Waals surface area contributed by atoms with Gasteiger partial charge in [-0.1, -0.05) is 31.9 Å². The lowest BCUT2D eigenvalue weighted by atomic mass is 9.71. The van der Waals surface area contributed by atoms with Gasteiger partial charge in [0.2, 0.25) is 11.8 Å². The van der Waals surface area contributed by atoms with Crippen LogP contribution in [0.25, 0.3) is 0 Å². The third-order valence-electron chi connectivity index (χ3n) is 7.85. The molecule has 2 bridgehead atoms. The molecule has 0 aromatic heterocycles. The van der Waals surface area contributed by atoms with E-state index in [1.54, 1.807) is 22.7 Å². The smallest absolute Gasteiger partial charge is 0.310 e. The highest BCUT2D eigenvalue weighted by molar-refractivity contribution is 8.02. The first kappa shape index (κ1) is 28.8. The van der Waals surface area contributed by atoms with Crippen LogP contribution < -0.4 is 0 Å². The second kappa shape index (κ2) is 13.7. The van der Waals surface area contributed by atoms with Gasteiger partial charge in [0.05, 0.1) is 23.2 Å². The average molecular weight is 521 g/mol. The van der Waals surface area contributed by atoms with Crippen LogP contribution in [0.4, 0.5) is 0 Å². The van der Waals surface area contributed by atoms with Crippen LogP contribution in [0.3, 0.4) is 0 Å². The summed E-state index contributed by atoms with van der Waals surface area (Å²) in [5.74, 6) is -1.44. The maximum Gasteiger partial charge on any atom is 0.310 e. The number of amides is 2. The lowest BCUT2D eigenvalue weighted by molar-refractivity contribution is -0.154. The molecule has 3 aliphatic heterocycles. The largest absolute Gasteiger partial charge is 0.465 e. The minimum absolute atomic E-state index is 0.0162. The van der Waals surface area contributed by atoms with Gasteiger partial charge in [0.25, 0.3) is 0 Å². The molecule has 8 heteroatoms. The lowest BCUT2D eigenvalue weighted by Crippen LogP contribution is -2.55. The Bertz CT molecular complexity index is 805. The van der Waals surface area contributed by atoms with Gasteiger partial charge in [-0.2, -0.15) is 0 Å². The summed E-state index contributed by atoms with van der Waals surface area (Å²) in [4.78, 5) is 44.8. The first-order valence-corrected chi connectivity index (χ1v) is 14.6. The van der Waals surface area contributed by atoms with E-state index in [0.717, 1.165) is 51.4 Å². The Morgan fingerprint density at radius 3 is 2.69 bits per heavy atom. The quantitative estimate of drug-likeness (QED) is 0.178. The summed E-state index contributed by atoms with van der Waals surface area (Å²) in [5.41, 5.74) is 0. The SMILES string of the molecule is C=CCCCCOC(=O)[C@@H]1[C@@H]2CCC3(S2)C(C(=O)N(CC=C)CCCCC)N(CCCCO)C(=O)[C@H]13. The summed E-state index contributed by atoms with van der Waals surface area (Å²) in [7, 11) is 0. The number of carbonyl (C=O) groups excluding carboxylic acids is 3. The molecule has 3 rings (SSSR count). The fraction of sp³-hybridized carbons (Fsp3) is 0.750. The number of fused-ring (bicyclic) bond motifs is 1. The van der Waals surface area contributed by atoms with Gasteiger partial charge >= 0.3 is 5.97 Å². The molecule has 3 aliphatic rings. The van der Waals surface area contributed by atoms with Gasteiger partial charge in [-0.3, -0.25) is 14.4 Å². The van der Waals surface area contributed by atoms with Crippen LogP contribution >= 0.6 is 11.8 Å². The van der Waals surface area contributed by atoms with Crippen LogP contribution in [-0.4, -0.2) is 81.6 Å². The first-order valence-electron chi connectivity index (χ1n) is 13.7. The molecule has 0 radical (unpaired) electrons. The Balaban J connectivity index is 1.84. The number of carbonyl (C=O) groups is 3. The number of nitrogens with zero attached hydrogens (tertiary/aromatic N) is 2. The summed E-state index contributed by atoms with van der Waals surface area (Å²) in [6.07, 6.45) is 12.0. The van der Waals surface area contributed by atoms with E-state index in [1.807, 2.05) is 11.0 Å². The Morgan fingerprint density at radius 2 is 2.00 bits per heavy atom. The highest BCUT2D eigenvalue weighted by atomic mass is 32.2. The minimum atomic E-state index is -0.589. The van der Waals surface area contributed by atoms with Crippen LogP contribution in [0.2, 0.25) is 0 Å². The summed E-state index contributed by atoms with van der Waals surface area (Å²) in [6, 6.07) is -0.587. The molecule has 0 aromatic carbocycles. The van der Waals surface area contributed by atoms with Crippen molar-refractivity contribution < 1.29 is 24.2 Å². The van der Waals surface area contributed by atoms with Crippen LogP contribution in [0.1, 0.15) is 71.1 Å². The maximum absolute atomic E-state index is 14.1. The number of allylic oxidation sites excluding steroid dienone is 1. The summed E-state index contributed by atoms with van der Waals surface area (Å²) in [6.45, 7) is 11.6. The summed E-state index contributed by atoms with van der Waals surface area (Å²) >= 11 is 1.68. The number of rotatable bonds is 17. The van der Waals surface area contributed by atoms with Gasteiger partial charge < -0.3 is 19.6 Å². The van der Waals surface area contributed by atoms with Gasteiger partial charge in [-0.25, -0.2) is 0 Å². The Kier molecular flexibility index (Phi) is 10.9. The number of unbranched alkanes of at least 4 members (excludes halogenated alkanes) is 5. The fourth-order valence-corrected chi connectivity index (χ4v) is 8.37. The number of aliphatic hydroxyl groups is 1. The average Bonchev–Trinajstić information content (AvgIpc) is 3.51. The molecule has 36 heavy (non-hydrogen) atoms. The number of likely N-dealkylation sites (tertiary alicyclic amines) is 1. The number of ether oxygens (including phenoxy) is 1. The lowest BCUT2D eigenvalue weighted by Gasteiger charge is -2.37. The van der Waals surface area contributed by atoms with E-state index in [2.05, 4.69) is 20.1 Å². The molecule has 2 amide bonds. The fourth-order valence-electron chi connectivity index (χ4n) is 6.17. The molecule has 2 unspecified atom stereocenters. The summed E-state index contributed by atoms with van der Waals surface area (Å²) in [5, 5.41) is 9.33. The van der Waals surface area contributed by atoms with Crippen molar-refractivity contribution in [3.8, 4) is 0 Å². The van der Waals surface area contributed by atoms with Crippen molar-refractivity contribution in [3.05, 3.63) is 25.3 Å². The molecule has 0 aromatic rings. The third kappa shape index (κ3) is 5.85. The van der Waals surface area contributed by atoms with E-state index in [-0.39, 0.29) is 29.6 Å². The molecule has 0 aliphatic carbocycles. The maximum atomic E-state index is 14.1. The van der Waals surface area contributed by atoms with Crippen molar-refractivity contribution in [2.24, 2.45) is 11.8 Å². The molecule has 1 N–H and O–H groups in total. The molecule has 3 heterocycles. The van der Waals surface area contributed by atoms with E-state index in [9.17, 15) is 19.5 Å². The molecule has 5 atom stereocenters. The number of thioether (sulfide) groups is 1. The molecular formula is C28H44N2O5S. The van der Waals surface area contributed by atoms with Crippen molar-refractivity contribution in [1.29, 1.82) is 0 Å². The van der Waals surface area contributed by atoms with Crippen LogP contribution in [0.15, 0.2) is 25.3 Å². The van der Waals surface area contributed by atoms with Crippen molar-refractivity contribution in [2.45, 2.75) is 87.2 Å². The third-order valence-corrected chi connectivity index (χ3v) is 9.80. The van der Waals surface area contributed by atoms with Gasteiger partial charge in [0, 0.05) is 31.5 Å². The highest BCUT2D eigenvalue weighted by Gasteiger charge is 2.74. The van der Waals surface area contributed by atoms with Gasteiger partial charge in [-0.15, -0.1) is 24.9 Å². The van der Waals surface area contributed by atoms with Gasteiger partial charge in [0.15, 0.2) is 0 Å². The predicted molar refractivity (Wildman–Crippen MR) is 143 cm³/mol. The molecule has 202 valence electrons. The van der Waals surface area contributed by atoms with Crippen molar-refractivity contribution in [1.82, 2.24) is 9.80 Å². The summed E-state index contributed by atoms with van der Waals surface area (Å²) < 4.78 is 5.07. The van der Waals surface area contributed by atoms with Crippen LogP contribution in [-0.2, 0) is 19.1 Å². The zero-order valence-electron chi connectivity index (χ0n) is 21.9. The van der Waals surface area contributed by atoms with E-state index in [1.165, 1.54) is 0 Å². The molecule has 0 saturated carbocycles. The van der Waals surface area contributed by atoms with Gasteiger partial charge in [-0.05, 0) is 51.4 Å². The Labute approximate surface area is 220 Å². The predicted octanol–water partition coefficient (Wildman–Crippen LogP) is 3.95. The number of aliphatic hydroxyl groups excluding tert-OH is 1. The number of hydrogen-bond acceptors (Lipinski definition) is 6. The zero-order chi connectivity index (χ0) is 26.1. The van der Waals surface area contributed by atoms with Crippen molar-refractivity contribution in [2.75, 3.05) is 32.8 Å². The second-order valence-corrected chi connectivity index (χ2v) is 11.9. The van der Waals surface area contributed by atoms with E-state index in [4.69, 9.17) is 4.74 Å². The van der Waals surface area contributed by atoms with E-state index in [0.29, 0.717) is 39.1 Å². The molecule has 3 fully saturated rings. The molecule has 1 spiro atoms. The van der Waals surface area contributed by atoms with E-state index >= 15 is 0 Å². The number of esters is 1. The molecule has 3 saturated heterocycles.